The van der Waals surface area contributed by atoms with Crippen molar-refractivity contribution in [1.29, 1.82) is 0 Å². The molecule has 0 aliphatic heterocycles. The third kappa shape index (κ3) is 6.25. The number of rotatable bonds is 5. The second-order valence-corrected chi connectivity index (χ2v) is 5.82. The molecule has 0 atom stereocenters. The van der Waals surface area contributed by atoms with Crippen LogP contribution in [0.1, 0.15) is 26.3 Å². The molecule has 0 radical (unpaired) electrons. The third-order valence-corrected chi connectivity index (χ3v) is 2.51. The lowest BCUT2D eigenvalue weighted by atomic mass is 10.1. The van der Waals surface area contributed by atoms with Crippen LogP contribution in [0.2, 0.25) is 0 Å². The average Bonchev–Trinajstić information content (AvgIpc) is 2.26. The van der Waals surface area contributed by atoms with Gasteiger partial charge in [0.2, 0.25) is 5.91 Å². The van der Waals surface area contributed by atoms with E-state index in [1.165, 1.54) is 0 Å². The third-order valence-electron chi connectivity index (χ3n) is 2.51. The molecular weight excluding hydrogens is 240 g/mol. The zero-order valence-corrected chi connectivity index (χ0v) is 12.5. The van der Waals surface area contributed by atoms with E-state index in [9.17, 15) is 4.79 Å². The van der Waals surface area contributed by atoms with Crippen LogP contribution in [0.3, 0.4) is 0 Å². The van der Waals surface area contributed by atoms with Crippen LogP contribution < -0.4 is 10.1 Å². The highest BCUT2D eigenvalue weighted by molar-refractivity contribution is 5.78. The summed E-state index contributed by atoms with van der Waals surface area (Å²) in [5.41, 5.74) is 0.943. The van der Waals surface area contributed by atoms with Crippen molar-refractivity contribution >= 4 is 5.91 Å². The van der Waals surface area contributed by atoms with E-state index in [0.29, 0.717) is 6.54 Å². The molecular formula is C15H24N2O2. The molecule has 0 heterocycles. The number of hydrogen-bond donors (Lipinski definition) is 1. The maximum absolute atomic E-state index is 11.8. The van der Waals surface area contributed by atoms with Crippen molar-refractivity contribution < 1.29 is 9.53 Å². The molecule has 1 aromatic rings. The summed E-state index contributed by atoms with van der Waals surface area (Å²) in [4.78, 5) is 13.8. The van der Waals surface area contributed by atoms with E-state index in [1.807, 2.05) is 57.0 Å². The van der Waals surface area contributed by atoms with Crippen LogP contribution in [0.25, 0.3) is 0 Å². The predicted octanol–water partition coefficient (Wildman–Crippen LogP) is 2.04. The van der Waals surface area contributed by atoms with Gasteiger partial charge in [0, 0.05) is 12.1 Å². The largest absolute Gasteiger partial charge is 0.497 e. The van der Waals surface area contributed by atoms with Crippen molar-refractivity contribution in [3.8, 4) is 5.75 Å². The Bertz CT molecular complexity index is 424. The quantitative estimate of drug-likeness (QED) is 0.885. The lowest BCUT2D eigenvalue weighted by Gasteiger charge is -2.23. The second kappa shape index (κ2) is 6.57. The van der Waals surface area contributed by atoms with Gasteiger partial charge in [-0.05, 0) is 45.5 Å². The molecule has 106 valence electrons. The Morgan fingerprint density at radius 2 is 2.05 bits per heavy atom. The summed E-state index contributed by atoms with van der Waals surface area (Å²) in [6, 6.07) is 7.88. The Labute approximate surface area is 115 Å². The molecule has 0 spiro atoms. The summed E-state index contributed by atoms with van der Waals surface area (Å²) in [5.74, 6) is 0.878. The molecule has 0 bridgehead atoms. The van der Waals surface area contributed by atoms with Gasteiger partial charge >= 0.3 is 0 Å². The van der Waals surface area contributed by atoms with Crippen molar-refractivity contribution in [1.82, 2.24) is 10.2 Å². The van der Waals surface area contributed by atoms with Crippen LogP contribution in [0, 0.1) is 0 Å². The van der Waals surface area contributed by atoms with E-state index < -0.39 is 0 Å². The molecule has 0 aliphatic rings. The normalized spacial score (nSPS) is 11.5. The van der Waals surface area contributed by atoms with E-state index in [-0.39, 0.29) is 11.4 Å². The van der Waals surface area contributed by atoms with Gasteiger partial charge in [0.1, 0.15) is 5.75 Å². The summed E-state index contributed by atoms with van der Waals surface area (Å²) >= 11 is 0. The lowest BCUT2D eigenvalue weighted by molar-refractivity contribution is -0.123. The smallest absolute Gasteiger partial charge is 0.234 e. The van der Waals surface area contributed by atoms with Crippen LogP contribution in [0.5, 0.6) is 5.75 Å². The van der Waals surface area contributed by atoms with Crippen LogP contribution in [-0.2, 0) is 11.3 Å². The first-order valence-electron chi connectivity index (χ1n) is 6.42. The van der Waals surface area contributed by atoms with Crippen molar-refractivity contribution in [3.05, 3.63) is 29.8 Å². The highest BCUT2D eigenvalue weighted by Crippen LogP contribution is 2.13. The Hall–Kier alpha value is -1.55. The number of ether oxygens (including phenoxy) is 1. The Morgan fingerprint density at radius 1 is 1.37 bits per heavy atom. The first-order chi connectivity index (χ1) is 8.80. The topological polar surface area (TPSA) is 41.6 Å². The number of hydrogen-bond acceptors (Lipinski definition) is 3. The average molecular weight is 264 g/mol. The molecule has 0 saturated heterocycles. The van der Waals surface area contributed by atoms with Gasteiger partial charge in [-0.3, -0.25) is 9.69 Å². The molecule has 0 unspecified atom stereocenters. The van der Waals surface area contributed by atoms with E-state index >= 15 is 0 Å². The molecule has 1 rings (SSSR count). The fraction of sp³-hybridized carbons (Fsp3) is 0.533. The molecule has 0 fully saturated rings. The minimum atomic E-state index is -0.187. The van der Waals surface area contributed by atoms with Gasteiger partial charge in [0.05, 0.1) is 13.7 Å². The summed E-state index contributed by atoms with van der Waals surface area (Å²) < 4.78 is 5.19. The van der Waals surface area contributed by atoms with Crippen molar-refractivity contribution in [2.24, 2.45) is 0 Å². The number of amides is 1. The summed E-state index contributed by atoms with van der Waals surface area (Å²) in [6.45, 7) is 7.04. The maximum Gasteiger partial charge on any atom is 0.234 e. The fourth-order valence-electron chi connectivity index (χ4n) is 1.84. The summed E-state index contributed by atoms with van der Waals surface area (Å²) in [7, 11) is 3.58. The maximum atomic E-state index is 11.8. The Balaban J connectivity index is 2.50. The molecule has 1 amide bonds. The minimum absolute atomic E-state index is 0.0397. The highest BCUT2D eigenvalue weighted by Gasteiger charge is 2.15. The predicted molar refractivity (Wildman–Crippen MR) is 77.2 cm³/mol. The Morgan fingerprint density at radius 3 is 2.63 bits per heavy atom. The number of carbonyl (C=O) groups is 1. The van der Waals surface area contributed by atoms with Gasteiger partial charge in [-0.2, -0.15) is 0 Å². The standard InChI is InChI=1S/C15H24N2O2/c1-15(2,3)16-14(18)11-17(4)10-12-7-6-8-13(9-12)19-5/h6-9H,10-11H2,1-5H3,(H,16,18). The van der Waals surface area contributed by atoms with Gasteiger partial charge < -0.3 is 10.1 Å². The van der Waals surface area contributed by atoms with Crippen LogP contribution in [-0.4, -0.2) is 37.0 Å². The minimum Gasteiger partial charge on any atom is -0.497 e. The lowest BCUT2D eigenvalue weighted by Crippen LogP contribution is -2.45. The zero-order chi connectivity index (χ0) is 14.5. The summed E-state index contributed by atoms with van der Waals surface area (Å²) in [5, 5.41) is 2.95. The van der Waals surface area contributed by atoms with Crippen molar-refractivity contribution in [2.75, 3.05) is 20.7 Å². The molecule has 0 aromatic heterocycles. The van der Waals surface area contributed by atoms with Gasteiger partial charge in [0.25, 0.3) is 0 Å². The van der Waals surface area contributed by atoms with Crippen molar-refractivity contribution in [2.45, 2.75) is 32.9 Å². The van der Waals surface area contributed by atoms with Crippen LogP contribution in [0.4, 0.5) is 0 Å². The number of benzene rings is 1. The number of carbonyl (C=O) groups excluding carboxylic acids is 1. The van der Waals surface area contributed by atoms with E-state index in [4.69, 9.17) is 4.74 Å². The van der Waals surface area contributed by atoms with E-state index in [0.717, 1.165) is 17.9 Å². The van der Waals surface area contributed by atoms with E-state index in [1.54, 1.807) is 7.11 Å². The Kier molecular flexibility index (Phi) is 5.36. The molecule has 4 heteroatoms. The van der Waals surface area contributed by atoms with Crippen molar-refractivity contribution in [3.63, 3.8) is 0 Å². The second-order valence-electron chi connectivity index (χ2n) is 5.82. The highest BCUT2D eigenvalue weighted by atomic mass is 16.5. The van der Waals surface area contributed by atoms with Gasteiger partial charge in [0.15, 0.2) is 0 Å². The fourth-order valence-corrected chi connectivity index (χ4v) is 1.84. The molecule has 0 saturated carbocycles. The summed E-state index contributed by atoms with van der Waals surface area (Å²) in [6.07, 6.45) is 0. The first-order valence-corrected chi connectivity index (χ1v) is 6.42. The van der Waals surface area contributed by atoms with E-state index in [2.05, 4.69) is 5.32 Å². The molecule has 1 N–H and O–H groups in total. The number of nitrogens with one attached hydrogen (secondary N) is 1. The van der Waals surface area contributed by atoms with Crippen LogP contribution in [0.15, 0.2) is 24.3 Å². The van der Waals surface area contributed by atoms with Crippen LogP contribution >= 0.6 is 0 Å². The molecule has 19 heavy (non-hydrogen) atoms. The first kappa shape index (κ1) is 15.5. The number of nitrogens with zero attached hydrogens (tertiary/aromatic N) is 1. The monoisotopic (exact) mass is 264 g/mol. The molecule has 4 nitrogen and oxygen atoms in total. The van der Waals surface area contributed by atoms with Gasteiger partial charge in [-0.15, -0.1) is 0 Å². The number of likely N-dealkylation sites (N-methyl/N-ethyl adjacent to an activating group) is 1. The zero-order valence-electron chi connectivity index (χ0n) is 12.5. The van der Waals surface area contributed by atoms with Gasteiger partial charge in [-0.25, -0.2) is 0 Å². The molecule has 0 aliphatic carbocycles. The SMILES string of the molecule is COc1cccc(CN(C)CC(=O)NC(C)(C)C)c1. The number of methoxy groups -OCH3 is 1. The van der Waals surface area contributed by atoms with Gasteiger partial charge in [-0.1, -0.05) is 12.1 Å². The molecule has 1 aromatic carbocycles.